The number of rotatable bonds is 3. The minimum absolute atomic E-state index is 0.0987. The van der Waals surface area contributed by atoms with Crippen LogP contribution in [0, 0.1) is 12.8 Å². The van der Waals surface area contributed by atoms with E-state index in [2.05, 4.69) is 10.4 Å². The third-order valence-corrected chi connectivity index (χ3v) is 3.87. The Bertz CT molecular complexity index is 428. The zero-order chi connectivity index (χ0) is 13.1. The SMILES string of the molecule is Cc1c(C(=O)NCC2CCCCC2O)cnn1C. The van der Waals surface area contributed by atoms with Crippen molar-refractivity contribution in [2.24, 2.45) is 13.0 Å². The van der Waals surface area contributed by atoms with Gasteiger partial charge in [-0.3, -0.25) is 9.48 Å². The molecule has 1 aliphatic carbocycles. The van der Waals surface area contributed by atoms with Gasteiger partial charge in [0.05, 0.1) is 17.9 Å². The number of aromatic nitrogens is 2. The van der Waals surface area contributed by atoms with Crippen molar-refractivity contribution >= 4 is 5.91 Å². The van der Waals surface area contributed by atoms with E-state index in [1.54, 1.807) is 10.9 Å². The molecule has 1 aliphatic rings. The summed E-state index contributed by atoms with van der Waals surface area (Å²) in [5.41, 5.74) is 1.47. The Kier molecular flexibility index (Phi) is 4.01. The van der Waals surface area contributed by atoms with Crippen LogP contribution in [0.2, 0.25) is 0 Å². The van der Waals surface area contributed by atoms with Crippen LogP contribution in [-0.2, 0) is 7.05 Å². The summed E-state index contributed by atoms with van der Waals surface area (Å²) in [6, 6.07) is 0. The van der Waals surface area contributed by atoms with Gasteiger partial charge >= 0.3 is 0 Å². The monoisotopic (exact) mass is 251 g/mol. The van der Waals surface area contributed by atoms with Gasteiger partial charge in [-0.25, -0.2) is 0 Å². The first kappa shape index (κ1) is 13.1. The van der Waals surface area contributed by atoms with E-state index in [1.807, 2.05) is 14.0 Å². The van der Waals surface area contributed by atoms with Crippen molar-refractivity contribution in [3.05, 3.63) is 17.5 Å². The van der Waals surface area contributed by atoms with Crippen LogP contribution in [0.1, 0.15) is 41.7 Å². The van der Waals surface area contributed by atoms with Crippen molar-refractivity contribution in [3.63, 3.8) is 0 Å². The van der Waals surface area contributed by atoms with E-state index in [0.29, 0.717) is 12.1 Å². The van der Waals surface area contributed by atoms with E-state index in [9.17, 15) is 9.90 Å². The maximum absolute atomic E-state index is 12.0. The second kappa shape index (κ2) is 5.52. The number of nitrogens with zero attached hydrogens (tertiary/aromatic N) is 2. The number of hydrogen-bond donors (Lipinski definition) is 2. The summed E-state index contributed by atoms with van der Waals surface area (Å²) in [6.45, 7) is 2.42. The number of carbonyl (C=O) groups is 1. The molecule has 1 saturated carbocycles. The first-order valence-electron chi connectivity index (χ1n) is 6.54. The molecule has 2 rings (SSSR count). The molecule has 0 aliphatic heterocycles. The lowest BCUT2D eigenvalue weighted by atomic mass is 9.86. The van der Waals surface area contributed by atoms with E-state index in [1.165, 1.54) is 0 Å². The van der Waals surface area contributed by atoms with Crippen molar-refractivity contribution in [2.45, 2.75) is 38.7 Å². The van der Waals surface area contributed by atoms with E-state index in [4.69, 9.17) is 0 Å². The molecule has 0 bridgehead atoms. The summed E-state index contributed by atoms with van der Waals surface area (Å²) in [7, 11) is 1.82. The molecule has 1 amide bonds. The van der Waals surface area contributed by atoms with Gasteiger partial charge in [-0.05, 0) is 19.8 Å². The Labute approximate surface area is 107 Å². The van der Waals surface area contributed by atoms with Crippen molar-refractivity contribution in [1.29, 1.82) is 0 Å². The fourth-order valence-electron chi connectivity index (χ4n) is 2.47. The van der Waals surface area contributed by atoms with Crippen LogP contribution < -0.4 is 5.32 Å². The van der Waals surface area contributed by atoms with Gasteiger partial charge in [0.15, 0.2) is 0 Å². The molecule has 5 heteroatoms. The van der Waals surface area contributed by atoms with Crippen LogP contribution >= 0.6 is 0 Å². The highest BCUT2D eigenvalue weighted by Gasteiger charge is 2.23. The lowest BCUT2D eigenvalue weighted by molar-refractivity contribution is 0.0663. The summed E-state index contributed by atoms with van der Waals surface area (Å²) in [5.74, 6) is 0.0954. The Hall–Kier alpha value is -1.36. The van der Waals surface area contributed by atoms with Crippen LogP contribution in [0.15, 0.2) is 6.20 Å². The normalized spacial score (nSPS) is 23.9. The van der Waals surface area contributed by atoms with Crippen LogP contribution in [0.25, 0.3) is 0 Å². The fraction of sp³-hybridized carbons (Fsp3) is 0.692. The summed E-state index contributed by atoms with van der Waals surface area (Å²) >= 11 is 0. The third-order valence-electron chi connectivity index (χ3n) is 3.87. The quantitative estimate of drug-likeness (QED) is 0.842. The first-order chi connectivity index (χ1) is 8.59. The Morgan fingerprint density at radius 2 is 2.28 bits per heavy atom. The summed E-state index contributed by atoms with van der Waals surface area (Å²) in [4.78, 5) is 12.0. The highest BCUT2D eigenvalue weighted by atomic mass is 16.3. The van der Waals surface area contributed by atoms with Crippen LogP contribution in [0.5, 0.6) is 0 Å². The predicted octanol–water partition coefficient (Wildman–Crippen LogP) is 1.01. The summed E-state index contributed by atoms with van der Waals surface area (Å²) in [5, 5.41) is 16.8. The van der Waals surface area contributed by atoms with Gasteiger partial charge in [0.25, 0.3) is 5.91 Å². The molecule has 0 saturated heterocycles. The average molecular weight is 251 g/mol. The number of aliphatic hydroxyl groups excluding tert-OH is 1. The summed E-state index contributed by atoms with van der Waals surface area (Å²) in [6.07, 6.45) is 5.40. The molecule has 1 aromatic heterocycles. The Balaban J connectivity index is 1.90. The standard InChI is InChI=1S/C13H21N3O2/c1-9-11(8-15-16(9)2)13(18)14-7-10-5-3-4-6-12(10)17/h8,10,12,17H,3-7H2,1-2H3,(H,14,18). The third kappa shape index (κ3) is 2.72. The molecule has 1 aromatic rings. The molecule has 0 radical (unpaired) electrons. The van der Waals surface area contributed by atoms with Crippen LogP contribution in [0.3, 0.4) is 0 Å². The van der Waals surface area contributed by atoms with Gasteiger partial charge in [0.1, 0.15) is 0 Å². The molecule has 0 spiro atoms. The lowest BCUT2D eigenvalue weighted by Crippen LogP contribution is -2.36. The molecule has 1 heterocycles. The minimum atomic E-state index is -0.269. The lowest BCUT2D eigenvalue weighted by Gasteiger charge is -2.27. The number of amides is 1. The van der Waals surface area contributed by atoms with Crippen LogP contribution in [-0.4, -0.2) is 33.4 Å². The van der Waals surface area contributed by atoms with Gasteiger partial charge in [0, 0.05) is 25.2 Å². The Morgan fingerprint density at radius 1 is 1.56 bits per heavy atom. The van der Waals surface area contributed by atoms with Crippen molar-refractivity contribution in [3.8, 4) is 0 Å². The van der Waals surface area contributed by atoms with Gasteiger partial charge < -0.3 is 10.4 Å². The maximum atomic E-state index is 12.0. The average Bonchev–Trinajstić information content (AvgIpc) is 2.69. The number of nitrogens with one attached hydrogen (secondary N) is 1. The van der Waals surface area contributed by atoms with Gasteiger partial charge in [-0.15, -0.1) is 0 Å². The molecule has 2 N–H and O–H groups in total. The van der Waals surface area contributed by atoms with E-state index < -0.39 is 0 Å². The number of aliphatic hydroxyl groups is 1. The minimum Gasteiger partial charge on any atom is -0.393 e. The van der Waals surface area contributed by atoms with Gasteiger partial charge in [-0.1, -0.05) is 12.8 Å². The zero-order valence-corrected chi connectivity index (χ0v) is 11.0. The summed E-state index contributed by atoms with van der Waals surface area (Å²) < 4.78 is 1.68. The number of hydrogen-bond acceptors (Lipinski definition) is 3. The smallest absolute Gasteiger partial charge is 0.254 e. The molecular weight excluding hydrogens is 230 g/mol. The predicted molar refractivity (Wildman–Crippen MR) is 68.2 cm³/mol. The van der Waals surface area contributed by atoms with Crippen molar-refractivity contribution in [2.75, 3.05) is 6.54 Å². The molecule has 0 aromatic carbocycles. The van der Waals surface area contributed by atoms with E-state index in [-0.39, 0.29) is 17.9 Å². The molecule has 2 unspecified atom stereocenters. The van der Waals surface area contributed by atoms with Crippen LogP contribution in [0.4, 0.5) is 0 Å². The molecule has 2 atom stereocenters. The first-order valence-corrected chi connectivity index (χ1v) is 6.54. The molecule has 1 fully saturated rings. The fourth-order valence-corrected chi connectivity index (χ4v) is 2.47. The van der Waals surface area contributed by atoms with Crippen molar-refractivity contribution in [1.82, 2.24) is 15.1 Å². The molecule has 5 nitrogen and oxygen atoms in total. The number of carbonyl (C=O) groups excluding carboxylic acids is 1. The maximum Gasteiger partial charge on any atom is 0.254 e. The molecule has 100 valence electrons. The second-order valence-corrected chi connectivity index (χ2v) is 5.09. The highest BCUT2D eigenvalue weighted by molar-refractivity contribution is 5.95. The number of aryl methyl sites for hydroxylation is 1. The Morgan fingerprint density at radius 3 is 2.89 bits per heavy atom. The second-order valence-electron chi connectivity index (χ2n) is 5.09. The highest BCUT2D eigenvalue weighted by Crippen LogP contribution is 2.23. The molecule has 18 heavy (non-hydrogen) atoms. The van der Waals surface area contributed by atoms with Crippen molar-refractivity contribution < 1.29 is 9.90 Å². The topological polar surface area (TPSA) is 67.2 Å². The zero-order valence-electron chi connectivity index (χ0n) is 11.0. The van der Waals surface area contributed by atoms with E-state index >= 15 is 0 Å². The van der Waals surface area contributed by atoms with Gasteiger partial charge in [-0.2, -0.15) is 5.10 Å². The molecular formula is C13H21N3O2. The largest absolute Gasteiger partial charge is 0.393 e. The van der Waals surface area contributed by atoms with Gasteiger partial charge in [0.2, 0.25) is 0 Å². The van der Waals surface area contributed by atoms with E-state index in [0.717, 1.165) is 31.4 Å².